The SMILES string of the molecule is CC(=O)C(=O)N(C)C1COCC(C)n2c1nc(C(=O)NCC1=CC=C(F)C(C)C1C)c(O)c2=O. The van der Waals surface area contributed by atoms with E-state index in [-0.39, 0.29) is 43.2 Å². The highest BCUT2D eigenvalue weighted by Gasteiger charge is 2.35. The lowest BCUT2D eigenvalue weighted by Crippen LogP contribution is -2.41. The molecule has 0 bridgehead atoms. The van der Waals surface area contributed by atoms with E-state index < -0.39 is 46.7 Å². The standard InChI is InChI=1S/C23H29FN4O6/c1-11-9-34-10-17(27(5)22(32)14(4)29)20-26-18(19(30)23(33)28(11)20)21(31)25-8-15-6-7-16(24)13(3)12(15)2/h6-7,11-13,17,30H,8-10H2,1-5H3,(H,25,31). The van der Waals surface area contributed by atoms with Crippen molar-refractivity contribution in [3.63, 3.8) is 0 Å². The van der Waals surface area contributed by atoms with Crippen molar-refractivity contribution < 1.29 is 28.6 Å². The number of carbonyl (C=O) groups is 3. The number of nitrogens with zero attached hydrogens (tertiary/aromatic N) is 3. The molecule has 34 heavy (non-hydrogen) atoms. The largest absolute Gasteiger partial charge is 0.501 e. The molecule has 1 aliphatic heterocycles. The Morgan fingerprint density at radius 3 is 2.56 bits per heavy atom. The second kappa shape index (κ2) is 9.88. The molecule has 11 heteroatoms. The number of fused-ring (bicyclic) bond motifs is 1. The summed E-state index contributed by atoms with van der Waals surface area (Å²) >= 11 is 0. The zero-order chi connectivity index (χ0) is 25.3. The highest BCUT2D eigenvalue weighted by molar-refractivity contribution is 6.35. The Morgan fingerprint density at radius 1 is 1.24 bits per heavy atom. The number of hydrogen-bond acceptors (Lipinski definition) is 7. The number of nitrogens with one attached hydrogen (secondary N) is 1. The lowest BCUT2D eigenvalue weighted by Gasteiger charge is -2.27. The van der Waals surface area contributed by atoms with Crippen LogP contribution in [0.25, 0.3) is 0 Å². The number of Topliss-reactive ketones (excluding diaryl/α,β-unsaturated/α-hetero) is 1. The zero-order valence-electron chi connectivity index (χ0n) is 19.8. The third kappa shape index (κ3) is 4.65. The van der Waals surface area contributed by atoms with Crippen LogP contribution in [0, 0.1) is 11.8 Å². The number of likely N-dealkylation sites (N-methyl/N-ethyl adjacent to an activating group) is 1. The van der Waals surface area contributed by atoms with Crippen LogP contribution in [0.15, 0.2) is 28.3 Å². The van der Waals surface area contributed by atoms with Crippen molar-refractivity contribution in [1.29, 1.82) is 0 Å². The van der Waals surface area contributed by atoms with Gasteiger partial charge in [-0.2, -0.15) is 0 Å². The molecule has 1 aliphatic carbocycles. The topological polar surface area (TPSA) is 131 Å². The van der Waals surface area contributed by atoms with Crippen molar-refractivity contribution in [2.75, 3.05) is 26.8 Å². The molecule has 184 valence electrons. The van der Waals surface area contributed by atoms with Crippen LogP contribution in [0.5, 0.6) is 5.75 Å². The van der Waals surface area contributed by atoms with Crippen LogP contribution in [0.3, 0.4) is 0 Å². The van der Waals surface area contributed by atoms with Crippen molar-refractivity contribution in [3.05, 3.63) is 45.4 Å². The Balaban J connectivity index is 1.98. The van der Waals surface area contributed by atoms with Crippen LogP contribution in [0.4, 0.5) is 4.39 Å². The number of halogens is 1. The second-order valence-corrected chi connectivity index (χ2v) is 8.77. The van der Waals surface area contributed by atoms with E-state index in [1.807, 2.05) is 6.92 Å². The Bertz CT molecular complexity index is 1140. The number of aromatic nitrogens is 2. The van der Waals surface area contributed by atoms with Crippen LogP contribution < -0.4 is 10.9 Å². The first-order valence-electron chi connectivity index (χ1n) is 11.0. The van der Waals surface area contributed by atoms with E-state index in [0.717, 1.165) is 17.4 Å². The minimum absolute atomic E-state index is 0.0268. The molecule has 0 saturated heterocycles. The van der Waals surface area contributed by atoms with Gasteiger partial charge >= 0.3 is 0 Å². The molecule has 3 rings (SSSR count). The third-order valence-electron chi connectivity index (χ3n) is 6.48. The van der Waals surface area contributed by atoms with Gasteiger partial charge in [0.1, 0.15) is 17.7 Å². The van der Waals surface area contributed by atoms with E-state index >= 15 is 0 Å². The molecule has 2 amide bonds. The van der Waals surface area contributed by atoms with Gasteiger partial charge in [0, 0.05) is 26.4 Å². The van der Waals surface area contributed by atoms with Gasteiger partial charge in [0.05, 0.1) is 19.3 Å². The van der Waals surface area contributed by atoms with Gasteiger partial charge in [-0.3, -0.25) is 23.7 Å². The molecule has 0 spiro atoms. The van der Waals surface area contributed by atoms with Gasteiger partial charge in [-0.15, -0.1) is 0 Å². The number of carbonyl (C=O) groups excluding carboxylic acids is 3. The fourth-order valence-electron chi connectivity index (χ4n) is 4.07. The first-order valence-corrected chi connectivity index (χ1v) is 11.0. The molecule has 1 aromatic rings. The van der Waals surface area contributed by atoms with Crippen LogP contribution in [0.1, 0.15) is 56.1 Å². The Morgan fingerprint density at radius 2 is 1.91 bits per heavy atom. The van der Waals surface area contributed by atoms with Gasteiger partial charge in [0.15, 0.2) is 5.69 Å². The number of hydrogen-bond donors (Lipinski definition) is 2. The molecule has 0 aromatic carbocycles. The molecule has 2 heterocycles. The zero-order valence-corrected chi connectivity index (χ0v) is 19.8. The van der Waals surface area contributed by atoms with Gasteiger partial charge in [-0.05, 0) is 24.5 Å². The summed E-state index contributed by atoms with van der Waals surface area (Å²) in [4.78, 5) is 55.3. The molecule has 0 fully saturated rings. The molecule has 0 saturated carbocycles. The number of aromatic hydroxyl groups is 1. The van der Waals surface area contributed by atoms with E-state index in [1.165, 1.54) is 17.7 Å². The quantitative estimate of drug-likeness (QED) is 0.615. The summed E-state index contributed by atoms with van der Waals surface area (Å²) in [5.41, 5.74) is -0.580. The third-order valence-corrected chi connectivity index (χ3v) is 6.48. The summed E-state index contributed by atoms with van der Waals surface area (Å²) in [7, 11) is 1.38. The number of ketones is 1. The molecule has 10 nitrogen and oxygen atoms in total. The second-order valence-electron chi connectivity index (χ2n) is 8.77. The van der Waals surface area contributed by atoms with Gasteiger partial charge in [-0.1, -0.05) is 19.9 Å². The predicted molar refractivity (Wildman–Crippen MR) is 120 cm³/mol. The maximum atomic E-state index is 13.8. The summed E-state index contributed by atoms with van der Waals surface area (Å²) < 4.78 is 20.5. The van der Waals surface area contributed by atoms with Crippen molar-refractivity contribution in [2.45, 2.75) is 39.8 Å². The molecule has 4 atom stereocenters. The van der Waals surface area contributed by atoms with Gasteiger partial charge < -0.3 is 20.1 Å². The van der Waals surface area contributed by atoms with Gasteiger partial charge in [-0.25, -0.2) is 9.37 Å². The maximum Gasteiger partial charge on any atom is 0.296 e. The smallest absolute Gasteiger partial charge is 0.296 e. The lowest BCUT2D eigenvalue weighted by atomic mass is 9.84. The van der Waals surface area contributed by atoms with Crippen LogP contribution in [-0.2, 0) is 14.3 Å². The molecule has 1 aromatic heterocycles. The number of rotatable bonds is 5. The van der Waals surface area contributed by atoms with Crippen LogP contribution >= 0.6 is 0 Å². The summed E-state index contributed by atoms with van der Waals surface area (Å²) in [5, 5.41) is 13.1. The summed E-state index contributed by atoms with van der Waals surface area (Å²) in [5.74, 6) is -3.86. The normalized spacial score (nSPS) is 24.3. The number of allylic oxidation sites excluding steroid dienone is 3. The average molecular weight is 477 g/mol. The Labute approximate surface area is 196 Å². The van der Waals surface area contributed by atoms with Crippen molar-refractivity contribution >= 4 is 17.6 Å². The predicted octanol–water partition coefficient (Wildman–Crippen LogP) is 1.42. The highest BCUT2D eigenvalue weighted by Crippen LogP contribution is 2.31. The molecule has 4 unspecified atom stereocenters. The molecule has 2 aliphatic rings. The summed E-state index contributed by atoms with van der Waals surface area (Å²) in [6, 6.07) is -1.48. The summed E-state index contributed by atoms with van der Waals surface area (Å²) in [6.07, 6.45) is 2.95. The van der Waals surface area contributed by atoms with E-state index in [9.17, 15) is 28.7 Å². The molecular formula is C23H29FN4O6. The minimum atomic E-state index is -0.934. The summed E-state index contributed by atoms with van der Waals surface area (Å²) in [6.45, 7) is 6.50. The average Bonchev–Trinajstić information content (AvgIpc) is 2.96. The Kier molecular flexibility index (Phi) is 7.35. The van der Waals surface area contributed by atoms with Crippen molar-refractivity contribution in [2.24, 2.45) is 11.8 Å². The minimum Gasteiger partial charge on any atom is -0.501 e. The first kappa shape index (κ1) is 25.3. The number of amides is 2. The van der Waals surface area contributed by atoms with Gasteiger partial charge in [0.25, 0.3) is 17.4 Å². The Hall–Kier alpha value is -3.34. The highest BCUT2D eigenvalue weighted by atomic mass is 19.1. The maximum absolute atomic E-state index is 13.8. The van der Waals surface area contributed by atoms with E-state index in [4.69, 9.17) is 4.74 Å². The lowest BCUT2D eigenvalue weighted by molar-refractivity contribution is -0.145. The first-order chi connectivity index (χ1) is 16.0. The number of ether oxygens (including phenoxy) is 1. The fraction of sp³-hybridized carbons (Fsp3) is 0.522. The van der Waals surface area contributed by atoms with Crippen molar-refractivity contribution in [1.82, 2.24) is 19.8 Å². The van der Waals surface area contributed by atoms with E-state index in [0.29, 0.717) is 0 Å². The molecule has 2 N–H and O–H groups in total. The van der Waals surface area contributed by atoms with E-state index in [1.54, 1.807) is 19.9 Å². The van der Waals surface area contributed by atoms with Gasteiger partial charge in [0.2, 0.25) is 11.5 Å². The fourth-order valence-corrected chi connectivity index (χ4v) is 4.07. The monoisotopic (exact) mass is 476 g/mol. The van der Waals surface area contributed by atoms with E-state index in [2.05, 4.69) is 10.3 Å². The van der Waals surface area contributed by atoms with Crippen molar-refractivity contribution in [3.8, 4) is 5.75 Å². The molecular weight excluding hydrogens is 447 g/mol. The van der Waals surface area contributed by atoms with Crippen LogP contribution in [-0.4, -0.2) is 64.0 Å². The molecule has 0 radical (unpaired) electrons. The van der Waals surface area contributed by atoms with Crippen LogP contribution in [0.2, 0.25) is 0 Å².